The van der Waals surface area contributed by atoms with Crippen molar-refractivity contribution in [2.45, 2.75) is 0 Å². The Bertz CT molecular complexity index is 1900. The SMILES string of the molecule is c1ccc(-c2ccc(-c3ccc(Nc4ccc(-c5cccc6ccccc56)cc4)c4ccccc34)cc2)cc1. The van der Waals surface area contributed by atoms with Crippen LogP contribution in [0.1, 0.15) is 0 Å². The number of rotatable bonds is 5. The van der Waals surface area contributed by atoms with Gasteiger partial charge in [-0.15, -0.1) is 0 Å². The molecule has 0 spiro atoms. The second kappa shape index (κ2) is 9.96. The Balaban J connectivity index is 1.20. The number of hydrogen-bond donors (Lipinski definition) is 1. The van der Waals surface area contributed by atoms with Crippen LogP contribution >= 0.6 is 0 Å². The molecule has 0 saturated heterocycles. The zero-order valence-corrected chi connectivity index (χ0v) is 21.5. The van der Waals surface area contributed by atoms with Crippen molar-refractivity contribution in [1.29, 1.82) is 0 Å². The van der Waals surface area contributed by atoms with E-state index in [9.17, 15) is 0 Å². The highest BCUT2D eigenvalue weighted by Crippen LogP contribution is 2.36. The number of benzene rings is 7. The van der Waals surface area contributed by atoms with Gasteiger partial charge in [0.2, 0.25) is 0 Å². The van der Waals surface area contributed by atoms with E-state index in [1.54, 1.807) is 0 Å². The quantitative estimate of drug-likeness (QED) is 0.249. The van der Waals surface area contributed by atoms with Gasteiger partial charge < -0.3 is 5.32 Å². The smallest absolute Gasteiger partial charge is 0.0464 e. The van der Waals surface area contributed by atoms with Crippen LogP contribution < -0.4 is 5.32 Å². The fourth-order valence-corrected chi connectivity index (χ4v) is 5.50. The Morgan fingerprint density at radius 1 is 0.308 bits per heavy atom. The van der Waals surface area contributed by atoms with Gasteiger partial charge in [0, 0.05) is 16.8 Å². The molecule has 0 atom stereocenters. The third-order valence-corrected chi connectivity index (χ3v) is 7.49. The summed E-state index contributed by atoms with van der Waals surface area (Å²) in [4.78, 5) is 0. The molecule has 0 amide bonds. The van der Waals surface area contributed by atoms with Crippen molar-refractivity contribution < 1.29 is 0 Å². The first-order valence-electron chi connectivity index (χ1n) is 13.4. The molecule has 184 valence electrons. The molecule has 0 saturated carbocycles. The maximum Gasteiger partial charge on any atom is 0.0464 e. The molecule has 0 aliphatic carbocycles. The van der Waals surface area contributed by atoms with Crippen LogP contribution in [0.25, 0.3) is 54.9 Å². The molecule has 0 radical (unpaired) electrons. The lowest BCUT2D eigenvalue weighted by Crippen LogP contribution is -1.93. The average Bonchev–Trinajstić information content (AvgIpc) is 3.02. The first kappa shape index (κ1) is 23.0. The Morgan fingerprint density at radius 2 is 0.846 bits per heavy atom. The molecule has 1 heteroatoms. The minimum absolute atomic E-state index is 1.07. The van der Waals surface area contributed by atoms with Crippen LogP contribution in [0.2, 0.25) is 0 Å². The average molecular weight is 498 g/mol. The molecule has 1 N–H and O–H groups in total. The molecular weight excluding hydrogens is 470 g/mol. The fourth-order valence-electron chi connectivity index (χ4n) is 5.50. The van der Waals surface area contributed by atoms with Crippen molar-refractivity contribution in [3.8, 4) is 33.4 Å². The summed E-state index contributed by atoms with van der Waals surface area (Å²) in [6, 6.07) is 56.3. The molecule has 7 rings (SSSR count). The van der Waals surface area contributed by atoms with E-state index in [0.29, 0.717) is 0 Å². The van der Waals surface area contributed by atoms with Crippen molar-refractivity contribution in [2.75, 3.05) is 5.32 Å². The lowest BCUT2D eigenvalue weighted by atomic mass is 9.95. The molecular formula is C38H27N. The fraction of sp³-hybridized carbons (Fsp3) is 0. The highest BCUT2D eigenvalue weighted by Gasteiger charge is 2.09. The van der Waals surface area contributed by atoms with E-state index >= 15 is 0 Å². The van der Waals surface area contributed by atoms with Crippen molar-refractivity contribution in [3.63, 3.8) is 0 Å². The molecule has 0 heterocycles. The third-order valence-electron chi connectivity index (χ3n) is 7.49. The summed E-state index contributed by atoms with van der Waals surface area (Å²) >= 11 is 0. The van der Waals surface area contributed by atoms with Crippen molar-refractivity contribution in [3.05, 3.63) is 158 Å². The predicted octanol–water partition coefficient (Wildman–Crippen LogP) is 10.7. The Morgan fingerprint density at radius 3 is 1.62 bits per heavy atom. The Labute approximate surface area is 229 Å². The van der Waals surface area contributed by atoms with Crippen LogP contribution in [0.5, 0.6) is 0 Å². The maximum atomic E-state index is 3.67. The first-order valence-corrected chi connectivity index (χ1v) is 13.4. The second-order valence-electron chi connectivity index (χ2n) is 9.88. The van der Waals surface area contributed by atoms with Crippen LogP contribution in [-0.4, -0.2) is 0 Å². The van der Waals surface area contributed by atoms with Crippen LogP contribution in [0, 0.1) is 0 Å². The third kappa shape index (κ3) is 4.45. The number of fused-ring (bicyclic) bond motifs is 2. The van der Waals surface area contributed by atoms with E-state index in [2.05, 4.69) is 163 Å². The number of hydrogen-bond acceptors (Lipinski definition) is 1. The normalized spacial score (nSPS) is 11.1. The Kier molecular flexibility index (Phi) is 5.88. The van der Waals surface area contributed by atoms with E-state index in [1.165, 1.54) is 54.9 Å². The topological polar surface area (TPSA) is 12.0 Å². The largest absolute Gasteiger partial charge is 0.355 e. The van der Waals surface area contributed by atoms with Gasteiger partial charge in [0.05, 0.1) is 0 Å². The van der Waals surface area contributed by atoms with Crippen molar-refractivity contribution in [1.82, 2.24) is 0 Å². The summed E-state index contributed by atoms with van der Waals surface area (Å²) in [6.45, 7) is 0. The maximum absolute atomic E-state index is 3.67. The summed E-state index contributed by atoms with van der Waals surface area (Å²) in [5.74, 6) is 0. The summed E-state index contributed by atoms with van der Waals surface area (Å²) in [7, 11) is 0. The van der Waals surface area contributed by atoms with Crippen molar-refractivity contribution in [2.24, 2.45) is 0 Å². The molecule has 1 nitrogen and oxygen atoms in total. The van der Waals surface area contributed by atoms with E-state index in [-0.39, 0.29) is 0 Å². The zero-order valence-electron chi connectivity index (χ0n) is 21.5. The highest BCUT2D eigenvalue weighted by atomic mass is 14.9. The molecule has 0 aliphatic rings. The molecule has 0 aliphatic heterocycles. The van der Waals surface area contributed by atoms with Gasteiger partial charge in [-0.2, -0.15) is 0 Å². The summed E-state index contributed by atoms with van der Waals surface area (Å²) < 4.78 is 0. The first-order chi connectivity index (χ1) is 19.3. The zero-order chi connectivity index (χ0) is 26.0. The van der Waals surface area contributed by atoms with Gasteiger partial charge >= 0.3 is 0 Å². The van der Waals surface area contributed by atoms with Gasteiger partial charge in [-0.3, -0.25) is 0 Å². The van der Waals surface area contributed by atoms with Crippen LogP contribution in [-0.2, 0) is 0 Å². The molecule has 0 unspecified atom stereocenters. The van der Waals surface area contributed by atoms with Gasteiger partial charge in [0.15, 0.2) is 0 Å². The van der Waals surface area contributed by atoms with Gasteiger partial charge in [0.25, 0.3) is 0 Å². The molecule has 7 aromatic carbocycles. The van der Waals surface area contributed by atoms with Crippen LogP contribution in [0.4, 0.5) is 11.4 Å². The van der Waals surface area contributed by atoms with Gasteiger partial charge in [-0.25, -0.2) is 0 Å². The summed E-state index contributed by atoms with van der Waals surface area (Å²) in [5, 5.41) is 8.66. The second-order valence-corrected chi connectivity index (χ2v) is 9.88. The molecule has 0 aromatic heterocycles. The minimum atomic E-state index is 1.07. The minimum Gasteiger partial charge on any atom is -0.355 e. The van der Waals surface area contributed by atoms with Gasteiger partial charge in [-0.05, 0) is 67.7 Å². The Hall–Kier alpha value is -5.14. The van der Waals surface area contributed by atoms with Crippen LogP contribution in [0.3, 0.4) is 0 Å². The van der Waals surface area contributed by atoms with Crippen LogP contribution in [0.15, 0.2) is 158 Å². The van der Waals surface area contributed by atoms with E-state index < -0.39 is 0 Å². The summed E-state index contributed by atoms with van der Waals surface area (Å²) in [5.41, 5.74) is 9.58. The number of nitrogens with one attached hydrogen (secondary N) is 1. The summed E-state index contributed by atoms with van der Waals surface area (Å²) in [6.07, 6.45) is 0. The van der Waals surface area contributed by atoms with E-state index in [1.807, 2.05) is 0 Å². The van der Waals surface area contributed by atoms with Crippen molar-refractivity contribution >= 4 is 32.9 Å². The number of anilines is 2. The monoisotopic (exact) mass is 497 g/mol. The molecule has 0 bridgehead atoms. The lowest BCUT2D eigenvalue weighted by molar-refractivity contribution is 1.56. The van der Waals surface area contributed by atoms with Gasteiger partial charge in [0.1, 0.15) is 0 Å². The van der Waals surface area contributed by atoms with E-state index in [4.69, 9.17) is 0 Å². The standard InChI is InChI=1S/C38H27N/c1-2-9-27(10-3-1)28-17-19-30(20-18-28)35-25-26-38(37-15-7-6-14-36(35)37)39-32-23-21-31(22-24-32)34-16-8-12-29-11-4-5-13-33(29)34/h1-26,39H. The highest BCUT2D eigenvalue weighted by molar-refractivity contribution is 6.04. The lowest BCUT2D eigenvalue weighted by Gasteiger charge is -2.14. The van der Waals surface area contributed by atoms with Gasteiger partial charge in [-0.1, -0.05) is 140 Å². The molecule has 39 heavy (non-hydrogen) atoms. The molecule has 7 aromatic rings. The van der Waals surface area contributed by atoms with E-state index in [0.717, 1.165) is 11.4 Å². The predicted molar refractivity (Wildman–Crippen MR) is 167 cm³/mol. The molecule has 0 fully saturated rings.